The van der Waals surface area contributed by atoms with E-state index in [0.717, 1.165) is 41.4 Å². The molecule has 0 spiro atoms. The highest BCUT2D eigenvalue weighted by Crippen LogP contribution is 2.30. The van der Waals surface area contributed by atoms with E-state index >= 15 is 0 Å². The van der Waals surface area contributed by atoms with Crippen LogP contribution in [0.3, 0.4) is 0 Å². The Morgan fingerprint density at radius 2 is 1.81 bits per heavy atom. The third-order valence-electron chi connectivity index (χ3n) is 5.50. The molecule has 1 unspecified atom stereocenters. The van der Waals surface area contributed by atoms with Gasteiger partial charge in [0.25, 0.3) is 10.5 Å². The van der Waals surface area contributed by atoms with Gasteiger partial charge in [0.2, 0.25) is 11.8 Å². The lowest BCUT2D eigenvalue weighted by atomic mass is 9.86. The van der Waals surface area contributed by atoms with E-state index in [1.165, 1.54) is 38.5 Å². The fraction of sp³-hybridized carbons (Fsp3) is 0.545. The number of carbonyl (C=O) groups excluding carboxylic acids is 4. The van der Waals surface area contributed by atoms with Crippen LogP contribution in [-0.2, 0) is 16.0 Å². The monoisotopic (exact) mass is 498 g/mol. The number of amides is 4. The molecule has 174 valence electrons. The van der Waals surface area contributed by atoms with Crippen molar-refractivity contribution in [2.75, 3.05) is 12.4 Å². The van der Waals surface area contributed by atoms with E-state index in [2.05, 4.69) is 10.6 Å². The van der Waals surface area contributed by atoms with Gasteiger partial charge in [-0.1, -0.05) is 73.3 Å². The second kappa shape index (κ2) is 12.5. The molecular formula is C22H27ClN2O5S2. The van der Waals surface area contributed by atoms with E-state index in [-0.39, 0.29) is 27.5 Å². The molecule has 1 aromatic rings. The number of benzene rings is 1. The van der Waals surface area contributed by atoms with Crippen LogP contribution in [0.5, 0.6) is 5.75 Å². The summed E-state index contributed by atoms with van der Waals surface area (Å²) in [5.41, 5.74) is 0.932. The van der Waals surface area contributed by atoms with Crippen molar-refractivity contribution in [2.45, 2.75) is 56.6 Å². The minimum atomic E-state index is -0.370. The van der Waals surface area contributed by atoms with Gasteiger partial charge in [0, 0.05) is 0 Å². The summed E-state index contributed by atoms with van der Waals surface area (Å²) in [5.74, 6) is 1.43. The first-order valence-corrected chi connectivity index (χ1v) is 13.0. The van der Waals surface area contributed by atoms with Crippen LogP contribution in [0.15, 0.2) is 18.2 Å². The van der Waals surface area contributed by atoms with Crippen molar-refractivity contribution in [3.8, 4) is 5.75 Å². The van der Waals surface area contributed by atoms with Gasteiger partial charge >= 0.3 is 0 Å². The maximum Gasteiger partial charge on any atom is 0.286 e. The van der Waals surface area contributed by atoms with E-state index in [0.29, 0.717) is 29.6 Å². The highest BCUT2D eigenvalue weighted by Gasteiger charge is 2.31. The minimum Gasteiger partial charge on any atom is -0.492 e. The molecule has 2 heterocycles. The highest BCUT2D eigenvalue weighted by molar-refractivity contribution is 8.15. The van der Waals surface area contributed by atoms with Crippen LogP contribution in [-0.4, -0.2) is 39.9 Å². The average Bonchev–Trinajstić information content (AvgIpc) is 3.30. The first-order chi connectivity index (χ1) is 15.4. The first-order valence-electron chi connectivity index (χ1n) is 10.8. The number of imide groups is 2. The van der Waals surface area contributed by atoms with Gasteiger partial charge in [-0.15, -0.1) is 0 Å². The van der Waals surface area contributed by atoms with Crippen molar-refractivity contribution >= 4 is 57.4 Å². The molecule has 1 aromatic carbocycles. The normalized spacial score (nSPS) is 21.1. The van der Waals surface area contributed by atoms with Gasteiger partial charge < -0.3 is 4.74 Å². The topological polar surface area (TPSA) is 102 Å². The van der Waals surface area contributed by atoms with Crippen LogP contribution in [0, 0.1) is 5.92 Å². The summed E-state index contributed by atoms with van der Waals surface area (Å²) in [6.45, 7) is 0.685. The van der Waals surface area contributed by atoms with Gasteiger partial charge in [0.1, 0.15) is 5.75 Å². The molecule has 4 amide bonds. The number of hydrogen-bond donors (Lipinski definition) is 2. The molecule has 2 N–H and O–H groups in total. The van der Waals surface area contributed by atoms with Crippen molar-refractivity contribution in [3.05, 3.63) is 28.8 Å². The molecule has 0 radical (unpaired) electrons. The van der Waals surface area contributed by atoms with E-state index < -0.39 is 0 Å². The minimum absolute atomic E-state index is 0.185. The number of rotatable bonds is 7. The summed E-state index contributed by atoms with van der Waals surface area (Å²) in [6, 6.07) is 5.60. The van der Waals surface area contributed by atoms with Gasteiger partial charge in [0.15, 0.2) is 0 Å². The number of carbonyl (C=O) groups is 4. The number of ether oxygens (including phenoxy) is 1. The maximum absolute atomic E-state index is 11.6. The van der Waals surface area contributed by atoms with Crippen LogP contribution < -0.4 is 15.4 Å². The average molecular weight is 499 g/mol. The first kappa shape index (κ1) is 24.9. The molecule has 1 saturated carbocycles. The third-order valence-corrected chi connectivity index (χ3v) is 7.55. The molecular weight excluding hydrogens is 472 g/mol. The molecule has 7 nitrogen and oxygen atoms in total. The summed E-state index contributed by atoms with van der Waals surface area (Å²) in [7, 11) is 0. The Balaban J connectivity index is 0.000000352. The summed E-state index contributed by atoms with van der Waals surface area (Å²) in [5, 5.41) is 4.08. The molecule has 2 aliphatic heterocycles. The number of nitrogens with one attached hydrogen (secondary N) is 2. The molecule has 1 atom stereocenters. The second-order valence-electron chi connectivity index (χ2n) is 7.97. The van der Waals surface area contributed by atoms with Gasteiger partial charge in [-0.25, -0.2) is 0 Å². The number of hydrogen-bond acceptors (Lipinski definition) is 7. The Labute approximate surface area is 201 Å². The lowest BCUT2D eigenvalue weighted by Crippen LogP contribution is -2.25. The van der Waals surface area contributed by atoms with E-state index in [1.807, 2.05) is 18.2 Å². The van der Waals surface area contributed by atoms with E-state index in [9.17, 15) is 19.2 Å². The molecule has 32 heavy (non-hydrogen) atoms. The molecule has 0 aromatic heterocycles. The second-order valence-corrected chi connectivity index (χ2v) is 10.5. The molecule has 3 fully saturated rings. The van der Waals surface area contributed by atoms with Crippen LogP contribution >= 0.6 is 35.1 Å². The molecule has 1 aliphatic carbocycles. The van der Waals surface area contributed by atoms with E-state index in [1.54, 1.807) is 0 Å². The zero-order valence-corrected chi connectivity index (χ0v) is 20.1. The molecule has 0 bridgehead atoms. The Morgan fingerprint density at radius 3 is 2.38 bits per heavy atom. The Hall–Kier alpha value is -1.71. The number of halogens is 1. The van der Waals surface area contributed by atoms with Gasteiger partial charge in [-0.3, -0.25) is 29.8 Å². The molecule has 10 heteroatoms. The van der Waals surface area contributed by atoms with Crippen LogP contribution in [0.25, 0.3) is 0 Å². The van der Waals surface area contributed by atoms with Gasteiger partial charge in [-0.2, -0.15) is 0 Å². The maximum atomic E-state index is 11.6. The van der Waals surface area contributed by atoms with Crippen LogP contribution in [0.4, 0.5) is 9.59 Å². The quantitative estimate of drug-likeness (QED) is 0.513. The largest absolute Gasteiger partial charge is 0.492 e. The molecule has 2 saturated heterocycles. The smallest absolute Gasteiger partial charge is 0.286 e. The van der Waals surface area contributed by atoms with Gasteiger partial charge in [-0.05, 0) is 42.9 Å². The summed E-state index contributed by atoms with van der Waals surface area (Å²) < 4.78 is 5.82. The van der Waals surface area contributed by atoms with E-state index in [4.69, 9.17) is 16.3 Å². The standard InChI is InChI=1S/C19H24ClNO3S.C3H3NO2S/c20-15-11-14(12-17-18(22)21-19(23)25-17)8-9-16(15)24-10-4-7-13-5-2-1-3-6-13;5-2-1-7-3(6)4-2/h8-9,11,13,17H,1-7,10,12H2,(H,21,22,23);1H2,(H,4,5,6). The van der Waals surface area contributed by atoms with Gasteiger partial charge in [0.05, 0.1) is 22.6 Å². The summed E-state index contributed by atoms with van der Waals surface area (Å²) >= 11 is 8.35. The Morgan fingerprint density at radius 1 is 1.03 bits per heavy atom. The lowest BCUT2D eigenvalue weighted by Gasteiger charge is -2.21. The Bertz CT molecular complexity index is 847. The molecule has 3 aliphatic rings. The van der Waals surface area contributed by atoms with Crippen molar-refractivity contribution in [3.63, 3.8) is 0 Å². The lowest BCUT2D eigenvalue weighted by molar-refractivity contribution is -0.119. The highest BCUT2D eigenvalue weighted by atomic mass is 35.5. The van der Waals surface area contributed by atoms with Crippen molar-refractivity contribution in [1.29, 1.82) is 0 Å². The number of thioether (sulfide) groups is 2. The summed E-state index contributed by atoms with van der Waals surface area (Å²) in [6.07, 6.45) is 9.66. The van der Waals surface area contributed by atoms with Crippen molar-refractivity contribution in [2.24, 2.45) is 5.92 Å². The van der Waals surface area contributed by atoms with Crippen molar-refractivity contribution in [1.82, 2.24) is 10.6 Å². The van der Waals surface area contributed by atoms with Crippen LogP contribution in [0.1, 0.15) is 50.5 Å². The predicted octanol–water partition coefficient (Wildman–Crippen LogP) is 4.94. The zero-order valence-electron chi connectivity index (χ0n) is 17.7. The molecule has 4 rings (SSSR count). The summed E-state index contributed by atoms with van der Waals surface area (Å²) in [4.78, 5) is 43.0. The SMILES string of the molecule is O=C1CSC(=O)N1.O=C1NC(=O)C(Cc2ccc(OCCCC3CCCCC3)c(Cl)c2)S1. The van der Waals surface area contributed by atoms with Crippen molar-refractivity contribution < 1.29 is 23.9 Å². The van der Waals surface area contributed by atoms with Crippen LogP contribution in [0.2, 0.25) is 5.02 Å². The fourth-order valence-corrected chi connectivity index (χ4v) is 5.51. The third kappa shape index (κ3) is 8.01. The Kier molecular flexibility index (Phi) is 9.74. The zero-order chi connectivity index (χ0) is 22.9. The fourth-order valence-electron chi connectivity index (χ4n) is 3.88. The predicted molar refractivity (Wildman–Crippen MR) is 127 cm³/mol.